The molecule has 1 fully saturated rings. The third-order valence-corrected chi connectivity index (χ3v) is 6.08. The number of halogens is 2. The smallest absolute Gasteiger partial charge is 0.410 e. The third-order valence-electron chi connectivity index (χ3n) is 4.48. The Morgan fingerprint density at radius 2 is 1.94 bits per heavy atom. The second-order valence-corrected chi connectivity index (χ2v) is 9.36. The largest absolute Gasteiger partial charge is 0.473 e. The highest BCUT2D eigenvalue weighted by Crippen LogP contribution is 2.35. The highest BCUT2D eigenvalue weighted by Gasteiger charge is 2.27. The fourth-order valence-electron chi connectivity index (χ4n) is 2.93. The van der Waals surface area contributed by atoms with E-state index in [0.717, 1.165) is 6.07 Å². The predicted octanol–water partition coefficient (Wildman–Crippen LogP) is 4.30. The van der Waals surface area contributed by atoms with E-state index in [9.17, 15) is 13.4 Å². The summed E-state index contributed by atoms with van der Waals surface area (Å²) in [6.07, 6.45) is 3.32. The summed E-state index contributed by atoms with van der Waals surface area (Å²) in [7, 11) is -1.30. The molecular weight excluding hydrogens is 493 g/mol. The van der Waals surface area contributed by atoms with Crippen LogP contribution >= 0.6 is 15.9 Å². The van der Waals surface area contributed by atoms with Crippen molar-refractivity contribution in [2.24, 2.45) is 0 Å². The van der Waals surface area contributed by atoms with Gasteiger partial charge in [-0.15, -0.1) is 0 Å². The van der Waals surface area contributed by atoms with Crippen molar-refractivity contribution in [1.82, 2.24) is 14.9 Å². The summed E-state index contributed by atoms with van der Waals surface area (Å²) in [6, 6.07) is 4.09. The lowest BCUT2D eigenvalue weighted by atomic mass is 10.1. The van der Waals surface area contributed by atoms with Gasteiger partial charge in [0, 0.05) is 47.9 Å². The van der Waals surface area contributed by atoms with Crippen molar-refractivity contribution >= 4 is 32.8 Å². The van der Waals surface area contributed by atoms with Gasteiger partial charge < -0.3 is 19.1 Å². The first kappa shape index (κ1) is 23.4. The van der Waals surface area contributed by atoms with Crippen LogP contribution in [-0.2, 0) is 15.5 Å². The molecule has 1 aromatic heterocycles. The maximum Gasteiger partial charge on any atom is 0.410 e. The molecule has 3 rings (SSSR count). The summed E-state index contributed by atoms with van der Waals surface area (Å²) in [4.78, 5) is 22.2. The van der Waals surface area contributed by atoms with Gasteiger partial charge in [0.2, 0.25) is 11.8 Å². The third kappa shape index (κ3) is 6.13. The maximum atomic E-state index is 14.3. The second-order valence-electron chi connectivity index (χ2n) is 7.18. The van der Waals surface area contributed by atoms with E-state index >= 15 is 0 Å². The lowest BCUT2D eigenvalue weighted by Gasteiger charge is -2.31. The van der Waals surface area contributed by atoms with Gasteiger partial charge in [0.05, 0.1) is 6.10 Å². The van der Waals surface area contributed by atoms with Crippen LogP contribution in [0.15, 0.2) is 33.9 Å². The minimum atomic E-state index is -1.30. The molecule has 2 heterocycles. The van der Waals surface area contributed by atoms with Gasteiger partial charge in [0.15, 0.2) is 11.6 Å². The zero-order valence-electron chi connectivity index (χ0n) is 17.3. The number of aromatic nitrogens is 2. The Balaban J connectivity index is 1.64. The van der Waals surface area contributed by atoms with E-state index < -0.39 is 16.6 Å². The van der Waals surface area contributed by atoms with Crippen LogP contribution in [-0.4, -0.2) is 56.7 Å². The normalized spacial score (nSPS) is 15.6. The number of rotatable bonds is 6. The lowest BCUT2D eigenvalue weighted by molar-refractivity contribution is 0.0505. The van der Waals surface area contributed by atoms with E-state index in [4.69, 9.17) is 14.2 Å². The SMILES string of the molecule is CC(C)OC(=O)N1CCC(Oc2ncnc(Oc3ccc(S(C)=O)cc3F)c2Br)CC1. The number of hydrogen-bond acceptors (Lipinski definition) is 7. The predicted molar refractivity (Wildman–Crippen MR) is 115 cm³/mol. The molecular formula is C20H23BrFN3O5S. The Morgan fingerprint density at radius 1 is 1.26 bits per heavy atom. The van der Waals surface area contributed by atoms with E-state index in [0.29, 0.717) is 35.3 Å². The van der Waals surface area contributed by atoms with Gasteiger partial charge in [-0.1, -0.05) is 0 Å². The molecule has 1 unspecified atom stereocenters. The summed E-state index contributed by atoms with van der Waals surface area (Å²) in [5.41, 5.74) is 0. The van der Waals surface area contributed by atoms with Crippen LogP contribution in [0.4, 0.5) is 9.18 Å². The highest BCUT2D eigenvalue weighted by molar-refractivity contribution is 9.10. The number of benzene rings is 1. The molecule has 1 atom stereocenters. The summed E-state index contributed by atoms with van der Waals surface area (Å²) < 4.78 is 42.9. The van der Waals surface area contributed by atoms with E-state index in [1.807, 2.05) is 13.8 Å². The molecule has 0 radical (unpaired) electrons. The molecule has 0 saturated carbocycles. The number of nitrogens with zero attached hydrogens (tertiary/aromatic N) is 3. The first-order valence-electron chi connectivity index (χ1n) is 9.68. The number of piperidine rings is 1. The van der Waals surface area contributed by atoms with Crippen molar-refractivity contribution in [3.8, 4) is 17.5 Å². The summed E-state index contributed by atoms with van der Waals surface area (Å²) in [5, 5.41) is 0. The Morgan fingerprint density at radius 3 is 2.55 bits per heavy atom. The average molecular weight is 516 g/mol. The van der Waals surface area contributed by atoms with Gasteiger partial charge in [-0.2, -0.15) is 0 Å². The minimum Gasteiger partial charge on any atom is -0.473 e. The number of carbonyl (C=O) groups is 1. The van der Waals surface area contributed by atoms with E-state index in [1.165, 1.54) is 24.7 Å². The zero-order chi connectivity index (χ0) is 22.5. The van der Waals surface area contributed by atoms with Gasteiger partial charge in [-0.05, 0) is 48.0 Å². The van der Waals surface area contributed by atoms with E-state index in [-0.39, 0.29) is 35.8 Å². The molecule has 168 valence electrons. The number of hydrogen-bond donors (Lipinski definition) is 0. The van der Waals surface area contributed by atoms with Crippen molar-refractivity contribution in [2.45, 2.75) is 43.8 Å². The number of ether oxygens (including phenoxy) is 3. The topological polar surface area (TPSA) is 90.8 Å². The van der Waals surface area contributed by atoms with Crippen molar-refractivity contribution < 1.29 is 27.6 Å². The van der Waals surface area contributed by atoms with Gasteiger partial charge >= 0.3 is 6.09 Å². The van der Waals surface area contributed by atoms with Crippen LogP contribution in [0.5, 0.6) is 17.5 Å². The molecule has 8 nitrogen and oxygen atoms in total. The lowest BCUT2D eigenvalue weighted by Crippen LogP contribution is -2.42. The molecule has 0 aliphatic carbocycles. The van der Waals surface area contributed by atoms with Gasteiger partial charge in [-0.3, -0.25) is 4.21 Å². The van der Waals surface area contributed by atoms with E-state index in [1.54, 1.807) is 4.90 Å². The van der Waals surface area contributed by atoms with Crippen LogP contribution in [0, 0.1) is 5.82 Å². The summed E-state index contributed by atoms with van der Waals surface area (Å²) in [6.45, 7) is 4.65. The van der Waals surface area contributed by atoms with Gasteiger partial charge in [0.1, 0.15) is 16.9 Å². The van der Waals surface area contributed by atoms with E-state index in [2.05, 4.69) is 25.9 Å². The van der Waals surface area contributed by atoms with Crippen molar-refractivity contribution in [3.63, 3.8) is 0 Å². The molecule has 1 aromatic carbocycles. The molecule has 1 aliphatic rings. The molecule has 1 saturated heterocycles. The monoisotopic (exact) mass is 515 g/mol. The highest BCUT2D eigenvalue weighted by atomic mass is 79.9. The fourth-order valence-corrected chi connectivity index (χ4v) is 3.84. The van der Waals surface area contributed by atoms with Crippen molar-refractivity contribution in [3.05, 3.63) is 34.8 Å². The molecule has 0 bridgehead atoms. The zero-order valence-corrected chi connectivity index (χ0v) is 19.7. The standard InChI is InChI=1S/C20H23BrFN3O5S/c1-12(2)28-20(26)25-8-6-13(7-9-25)29-18-17(21)19(24-11-23-18)30-16-5-4-14(31(3)27)10-15(16)22/h4-5,10-13H,6-9H2,1-3H3. The van der Waals surface area contributed by atoms with Gasteiger partial charge in [0.25, 0.3) is 0 Å². The second kappa shape index (κ2) is 10.4. The average Bonchev–Trinajstić information content (AvgIpc) is 2.72. The Bertz CT molecular complexity index is 970. The maximum absolute atomic E-state index is 14.3. The molecule has 0 spiro atoms. The number of carbonyl (C=O) groups excluding carboxylic acids is 1. The van der Waals surface area contributed by atoms with Crippen LogP contribution in [0.2, 0.25) is 0 Å². The van der Waals surface area contributed by atoms with Crippen molar-refractivity contribution in [1.29, 1.82) is 0 Å². The van der Waals surface area contributed by atoms with Crippen LogP contribution in [0.3, 0.4) is 0 Å². The molecule has 1 amide bonds. The Hall–Kier alpha value is -2.27. The molecule has 31 heavy (non-hydrogen) atoms. The molecule has 0 N–H and O–H groups in total. The molecule has 1 aliphatic heterocycles. The fraction of sp³-hybridized carbons (Fsp3) is 0.450. The molecule has 11 heteroatoms. The number of amides is 1. The van der Waals surface area contributed by atoms with Crippen LogP contribution < -0.4 is 9.47 Å². The Labute approximate surface area is 190 Å². The van der Waals surface area contributed by atoms with Gasteiger partial charge in [-0.25, -0.2) is 19.2 Å². The first-order valence-corrected chi connectivity index (χ1v) is 12.0. The Kier molecular flexibility index (Phi) is 7.82. The molecule has 2 aromatic rings. The quantitative estimate of drug-likeness (QED) is 0.566. The van der Waals surface area contributed by atoms with Crippen molar-refractivity contribution in [2.75, 3.05) is 19.3 Å². The minimum absolute atomic E-state index is 0.0588. The van der Waals surface area contributed by atoms with Crippen LogP contribution in [0.25, 0.3) is 0 Å². The summed E-state index contributed by atoms with van der Waals surface area (Å²) in [5.74, 6) is -0.357. The summed E-state index contributed by atoms with van der Waals surface area (Å²) >= 11 is 3.36. The van der Waals surface area contributed by atoms with Crippen LogP contribution in [0.1, 0.15) is 26.7 Å². The number of likely N-dealkylation sites (tertiary alicyclic amines) is 1. The first-order chi connectivity index (χ1) is 14.7.